The van der Waals surface area contributed by atoms with E-state index >= 15 is 0 Å². The average molecular weight is 466 g/mol. The maximum absolute atomic E-state index is 12.6. The van der Waals surface area contributed by atoms with Crippen molar-refractivity contribution in [1.29, 1.82) is 0 Å². The van der Waals surface area contributed by atoms with Crippen molar-refractivity contribution in [1.82, 2.24) is 5.32 Å². The highest BCUT2D eigenvalue weighted by Crippen LogP contribution is 2.32. The van der Waals surface area contributed by atoms with Crippen LogP contribution in [0.2, 0.25) is 0 Å². The minimum absolute atomic E-state index is 0.0726. The first-order valence-electron chi connectivity index (χ1n) is 11.6. The van der Waals surface area contributed by atoms with Crippen LogP contribution in [0.3, 0.4) is 0 Å². The van der Waals surface area contributed by atoms with Gasteiger partial charge < -0.3 is 23.9 Å². The van der Waals surface area contributed by atoms with Gasteiger partial charge in [0.15, 0.2) is 17.3 Å². The zero-order chi connectivity index (χ0) is 24.7. The van der Waals surface area contributed by atoms with E-state index in [4.69, 9.17) is 18.6 Å². The quantitative estimate of drug-likeness (QED) is 0.402. The van der Waals surface area contributed by atoms with Crippen LogP contribution in [-0.2, 0) is 18.3 Å². The van der Waals surface area contributed by atoms with Crippen LogP contribution in [0.25, 0.3) is 0 Å². The molecule has 1 heterocycles. The molecule has 0 aliphatic carbocycles. The second-order valence-electron chi connectivity index (χ2n) is 8.90. The van der Waals surface area contributed by atoms with Gasteiger partial charge in [-0.05, 0) is 59.7 Å². The van der Waals surface area contributed by atoms with E-state index in [1.54, 1.807) is 27.4 Å². The smallest absolute Gasteiger partial charge is 0.287 e. The third kappa shape index (κ3) is 5.93. The Kier molecular flexibility index (Phi) is 8.26. The number of rotatable bonds is 11. The summed E-state index contributed by atoms with van der Waals surface area (Å²) < 4.78 is 22.0. The Morgan fingerprint density at radius 2 is 1.62 bits per heavy atom. The second-order valence-corrected chi connectivity index (χ2v) is 8.90. The molecular weight excluding hydrogens is 430 g/mol. The number of methoxy groups -OCH3 is 3. The molecule has 0 radical (unpaired) electrons. The van der Waals surface area contributed by atoms with Crippen molar-refractivity contribution in [3.63, 3.8) is 0 Å². The summed E-state index contributed by atoms with van der Waals surface area (Å²) in [5, 5.41) is 2.92. The molecule has 0 saturated carbocycles. The van der Waals surface area contributed by atoms with E-state index in [-0.39, 0.29) is 11.3 Å². The van der Waals surface area contributed by atoms with Crippen molar-refractivity contribution in [3.05, 3.63) is 76.7 Å². The molecule has 0 aliphatic rings. The number of carbonyl (C=O) groups excluding carboxylic acids is 1. The zero-order valence-electron chi connectivity index (χ0n) is 21.0. The second kappa shape index (κ2) is 11.1. The van der Waals surface area contributed by atoms with Gasteiger partial charge in [0.05, 0.1) is 21.3 Å². The molecule has 3 rings (SSSR count). The Morgan fingerprint density at radius 1 is 0.912 bits per heavy atom. The topological polar surface area (TPSA) is 69.9 Å². The molecule has 2 aromatic carbocycles. The van der Waals surface area contributed by atoms with E-state index in [1.165, 1.54) is 5.56 Å². The van der Waals surface area contributed by atoms with Crippen molar-refractivity contribution < 1.29 is 23.4 Å². The molecule has 34 heavy (non-hydrogen) atoms. The number of ether oxygens (including phenoxy) is 3. The Hall–Kier alpha value is -3.41. The number of hydrogen-bond acceptors (Lipinski definition) is 5. The number of carbonyl (C=O) groups is 1. The number of nitrogens with one attached hydrogen (secondary N) is 1. The van der Waals surface area contributed by atoms with Gasteiger partial charge in [-0.2, -0.15) is 0 Å². The molecule has 0 bridgehead atoms. The lowest BCUT2D eigenvalue weighted by Gasteiger charge is -2.24. The molecule has 1 N–H and O–H groups in total. The molecule has 0 unspecified atom stereocenters. The predicted octanol–water partition coefficient (Wildman–Crippen LogP) is 5.56. The predicted molar refractivity (Wildman–Crippen MR) is 133 cm³/mol. The molecule has 0 atom stereocenters. The summed E-state index contributed by atoms with van der Waals surface area (Å²) in [5.41, 5.74) is 3.41. The van der Waals surface area contributed by atoms with Crippen molar-refractivity contribution in [3.8, 4) is 17.2 Å². The number of amides is 1. The zero-order valence-corrected chi connectivity index (χ0v) is 21.0. The van der Waals surface area contributed by atoms with Gasteiger partial charge in [0.2, 0.25) is 0 Å². The van der Waals surface area contributed by atoms with E-state index in [1.807, 2.05) is 30.3 Å². The van der Waals surface area contributed by atoms with E-state index < -0.39 is 0 Å². The highest BCUT2D eigenvalue weighted by molar-refractivity contribution is 5.91. The lowest BCUT2D eigenvalue weighted by molar-refractivity contribution is 0.0925. The molecular formula is C28H35NO5. The third-order valence-corrected chi connectivity index (χ3v) is 6.34. The van der Waals surface area contributed by atoms with Gasteiger partial charge >= 0.3 is 0 Å². The Balaban J connectivity index is 1.63. The molecule has 6 heteroatoms. The Labute approximate surface area is 202 Å². The van der Waals surface area contributed by atoms with Crippen LogP contribution in [0, 0.1) is 0 Å². The number of furan rings is 1. The maximum atomic E-state index is 12.6. The number of hydrogen-bond donors (Lipinski definition) is 1. The van der Waals surface area contributed by atoms with Gasteiger partial charge in [0.25, 0.3) is 5.91 Å². The van der Waals surface area contributed by atoms with Crippen molar-refractivity contribution in [2.45, 2.75) is 45.4 Å². The molecule has 0 spiro atoms. The van der Waals surface area contributed by atoms with Crippen LogP contribution in [-0.4, -0.2) is 33.8 Å². The fraction of sp³-hybridized carbons (Fsp3) is 0.393. The maximum Gasteiger partial charge on any atom is 0.287 e. The summed E-state index contributed by atoms with van der Waals surface area (Å²) in [6.45, 7) is 7.13. The van der Waals surface area contributed by atoms with Gasteiger partial charge in [-0.1, -0.05) is 39.0 Å². The highest BCUT2D eigenvalue weighted by Gasteiger charge is 2.20. The summed E-state index contributed by atoms with van der Waals surface area (Å²) in [6.07, 6.45) is 2.25. The van der Waals surface area contributed by atoms with E-state index in [0.29, 0.717) is 36.6 Å². The molecule has 1 amide bonds. The average Bonchev–Trinajstić information content (AvgIpc) is 3.32. The SMILES string of the molecule is CCC(C)(C)c1ccc(OC)c(Cc2ccc(C(=O)NCCc3ccc(OC)c(OC)c3)o2)c1. The summed E-state index contributed by atoms with van der Waals surface area (Å²) in [6, 6.07) is 15.6. The van der Waals surface area contributed by atoms with Gasteiger partial charge in [0, 0.05) is 18.5 Å². The first-order chi connectivity index (χ1) is 16.3. The molecule has 182 valence electrons. The van der Waals surface area contributed by atoms with Crippen molar-refractivity contribution in [2.75, 3.05) is 27.9 Å². The Bertz CT molecular complexity index is 1120. The summed E-state index contributed by atoms with van der Waals surface area (Å²) >= 11 is 0. The Morgan fingerprint density at radius 3 is 2.29 bits per heavy atom. The minimum Gasteiger partial charge on any atom is -0.496 e. The van der Waals surface area contributed by atoms with Crippen LogP contribution in [0.5, 0.6) is 17.2 Å². The fourth-order valence-corrected chi connectivity index (χ4v) is 3.77. The molecule has 6 nitrogen and oxygen atoms in total. The van der Waals surface area contributed by atoms with Crippen LogP contribution >= 0.6 is 0 Å². The summed E-state index contributed by atoms with van der Waals surface area (Å²) in [4.78, 5) is 12.6. The van der Waals surface area contributed by atoms with Crippen LogP contribution < -0.4 is 19.5 Å². The lowest BCUT2D eigenvalue weighted by Crippen LogP contribution is -2.25. The largest absolute Gasteiger partial charge is 0.496 e. The van der Waals surface area contributed by atoms with Gasteiger partial charge in [-0.15, -0.1) is 0 Å². The van der Waals surface area contributed by atoms with E-state index in [2.05, 4.69) is 38.2 Å². The first-order valence-corrected chi connectivity index (χ1v) is 11.6. The first kappa shape index (κ1) is 25.2. The lowest BCUT2D eigenvalue weighted by atomic mass is 9.81. The van der Waals surface area contributed by atoms with Gasteiger partial charge in [0.1, 0.15) is 11.5 Å². The van der Waals surface area contributed by atoms with Crippen molar-refractivity contribution >= 4 is 5.91 Å². The fourth-order valence-electron chi connectivity index (χ4n) is 3.77. The normalized spacial score (nSPS) is 11.2. The van der Waals surface area contributed by atoms with E-state index in [9.17, 15) is 4.79 Å². The van der Waals surface area contributed by atoms with Gasteiger partial charge in [-0.25, -0.2) is 0 Å². The summed E-state index contributed by atoms with van der Waals surface area (Å²) in [5.74, 6) is 2.94. The molecule has 1 aromatic heterocycles. The van der Waals surface area contributed by atoms with Crippen molar-refractivity contribution in [2.24, 2.45) is 0 Å². The highest BCUT2D eigenvalue weighted by atomic mass is 16.5. The monoisotopic (exact) mass is 465 g/mol. The minimum atomic E-state index is -0.237. The standard InChI is InChI=1S/C28H35NO5/c1-7-28(2,3)21-9-12-23(31-4)20(17-21)18-22-10-13-25(34-22)27(30)29-15-14-19-8-11-24(32-5)26(16-19)33-6/h8-13,16-17H,7,14-15,18H2,1-6H3,(H,29,30). The molecule has 0 fully saturated rings. The molecule has 0 aliphatic heterocycles. The van der Waals surface area contributed by atoms with Crippen LogP contribution in [0.1, 0.15) is 60.2 Å². The van der Waals surface area contributed by atoms with E-state index in [0.717, 1.165) is 29.1 Å². The van der Waals surface area contributed by atoms with Crippen LogP contribution in [0.4, 0.5) is 0 Å². The third-order valence-electron chi connectivity index (χ3n) is 6.34. The van der Waals surface area contributed by atoms with Gasteiger partial charge in [-0.3, -0.25) is 4.79 Å². The molecule has 3 aromatic rings. The van der Waals surface area contributed by atoms with Crippen LogP contribution in [0.15, 0.2) is 52.9 Å². The summed E-state index contributed by atoms with van der Waals surface area (Å²) in [7, 11) is 4.88. The number of benzene rings is 2. The molecule has 0 saturated heterocycles.